The number of benzene rings is 1. The van der Waals surface area contributed by atoms with Crippen LogP contribution in [-0.4, -0.2) is 9.97 Å². The monoisotopic (exact) mass is 231 g/mol. The second-order valence-corrected chi connectivity index (χ2v) is 3.73. The van der Waals surface area contributed by atoms with Crippen molar-refractivity contribution in [3.8, 4) is 0 Å². The second kappa shape index (κ2) is 5.39. The molecule has 0 aliphatic rings. The fourth-order valence-corrected chi connectivity index (χ4v) is 1.48. The van der Waals surface area contributed by atoms with Crippen LogP contribution in [0.3, 0.4) is 0 Å². The van der Waals surface area contributed by atoms with Crippen LogP contribution in [0.4, 0.5) is 10.2 Å². The van der Waals surface area contributed by atoms with Gasteiger partial charge in [-0.1, -0.05) is 19.1 Å². The molecule has 17 heavy (non-hydrogen) atoms. The molecule has 0 spiro atoms. The summed E-state index contributed by atoms with van der Waals surface area (Å²) in [7, 11) is 0. The number of hydrogen-bond donors (Lipinski definition) is 1. The lowest BCUT2D eigenvalue weighted by atomic mass is 10.2. The van der Waals surface area contributed by atoms with Crippen LogP contribution < -0.4 is 5.32 Å². The van der Waals surface area contributed by atoms with Gasteiger partial charge in [-0.25, -0.2) is 14.4 Å². The summed E-state index contributed by atoms with van der Waals surface area (Å²) in [4.78, 5) is 8.25. The largest absolute Gasteiger partial charge is 0.366 e. The number of nitrogens with one attached hydrogen (secondary N) is 1. The van der Waals surface area contributed by atoms with E-state index >= 15 is 0 Å². The molecule has 1 aromatic heterocycles. The third-order valence-electron chi connectivity index (χ3n) is 2.47. The van der Waals surface area contributed by atoms with E-state index in [1.807, 2.05) is 13.0 Å². The molecule has 1 heterocycles. The summed E-state index contributed by atoms with van der Waals surface area (Å²) in [5.74, 6) is 0.574. The minimum absolute atomic E-state index is 0.218. The van der Waals surface area contributed by atoms with Gasteiger partial charge < -0.3 is 5.32 Å². The van der Waals surface area contributed by atoms with Crippen molar-refractivity contribution in [1.29, 1.82) is 0 Å². The van der Waals surface area contributed by atoms with Gasteiger partial charge in [0.15, 0.2) is 0 Å². The Morgan fingerprint density at radius 3 is 2.65 bits per heavy atom. The molecule has 0 aliphatic carbocycles. The Labute approximate surface area is 99.7 Å². The number of aryl methyl sites for hydroxylation is 1. The van der Waals surface area contributed by atoms with Crippen molar-refractivity contribution in [2.75, 3.05) is 5.32 Å². The van der Waals surface area contributed by atoms with E-state index in [1.54, 1.807) is 18.5 Å². The molecule has 0 atom stereocenters. The molecule has 4 heteroatoms. The van der Waals surface area contributed by atoms with Crippen molar-refractivity contribution in [2.45, 2.75) is 19.9 Å². The van der Waals surface area contributed by atoms with Crippen molar-refractivity contribution in [3.05, 3.63) is 53.7 Å². The van der Waals surface area contributed by atoms with Crippen LogP contribution in [0.25, 0.3) is 0 Å². The Hall–Kier alpha value is -1.97. The zero-order chi connectivity index (χ0) is 12.1. The fraction of sp³-hybridized carbons (Fsp3) is 0.231. The Morgan fingerprint density at radius 1 is 1.18 bits per heavy atom. The average molecular weight is 231 g/mol. The summed E-state index contributed by atoms with van der Waals surface area (Å²) in [6.45, 7) is 2.67. The molecule has 0 bridgehead atoms. The molecule has 1 aromatic carbocycles. The van der Waals surface area contributed by atoms with Gasteiger partial charge in [0.2, 0.25) is 0 Å². The van der Waals surface area contributed by atoms with Crippen LogP contribution in [0.15, 0.2) is 36.7 Å². The first-order valence-corrected chi connectivity index (χ1v) is 5.57. The Balaban J connectivity index is 1.99. The number of nitrogens with zero attached hydrogens (tertiary/aromatic N) is 2. The van der Waals surface area contributed by atoms with Crippen LogP contribution >= 0.6 is 0 Å². The van der Waals surface area contributed by atoms with Gasteiger partial charge >= 0.3 is 0 Å². The number of anilines is 1. The zero-order valence-corrected chi connectivity index (χ0v) is 9.65. The molecule has 0 saturated heterocycles. The van der Waals surface area contributed by atoms with Gasteiger partial charge in [-0.2, -0.15) is 0 Å². The summed E-state index contributed by atoms with van der Waals surface area (Å²) < 4.78 is 12.7. The summed E-state index contributed by atoms with van der Waals surface area (Å²) in [6, 6.07) is 8.33. The van der Waals surface area contributed by atoms with Crippen LogP contribution in [0.2, 0.25) is 0 Å². The van der Waals surface area contributed by atoms with Gasteiger partial charge in [0.25, 0.3) is 0 Å². The summed E-state index contributed by atoms with van der Waals surface area (Å²) in [6.07, 6.45) is 2.43. The predicted octanol–water partition coefficient (Wildman–Crippen LogP) is 2.79. The topological polar surface area (TPSA) is 37.8 Å². The first kappa shape index (κ1) is 11.5. The van der Waals surface area contributed by atoms with E-state index in [4.69, 9.17) is 0 Å². The fourth-order valence-electron chi connectivity index (χ4n) is 1.48. The SMILES string of the molecule is CCc1cc(NCc2ccc(F)cc2)ncn1. The van der Waals surface area contributed by atoms with E-state index in [-0.39, 0.29) is 5.82 Å². The molecule has 88 valence electrons. The van der Waals surface area contributed by atoms with Gasteiger partial charge in [0.1, 0.15) is 18.0 Å². The molecular weight excluding hydrogens is 217 g/mol. The molecule has 1 N–H and O–H groups in total. The molecule has 3 nitrogen and oxygen atoms in total. The van der Waals surface area contributed by atoms with Crippen LogP contribution in [0.5, 0.6) is 0 Å². The quantitative estimate of drug-likeness (QED) is 0.879. The van der Waals surface area contributed by atoms with Crippen LogP contribution in [-0.2, 0) is 13.0 Å². The van der Waals surface area contributed by atoms with Gasteiger partial charge in [0, 0.05) is 18.3 Å². The highest BCUT2D eigenvalue weighted by molar-refractivity contribution is 5.36. The van der Waals surface area contributed by atoms with Crippen molar-refractivity contribution in [2.24, 2.45) is 0 Å². The molecule has 2 rings (SSSR count). The van der Waals surface area contributed by atoms with E-state index in [2.05, 4.69) is 15.3 Å². The summed E-state index contributed by atoms with van der Waals surface area (Å²) in [5, 5.41) is 3.18. The zero-order valence-electron chi connectivity index (χ0n) is 9.65. The smallest absolute Gasteiger partial charge is 0.129 e. The Bertz CT molecular complexity index is 482. The minimum Gasteiger partial charge on any atom is -0.366 e. The Morgan fingerprint density at radius 2 is 1.94 bits per heavy atom. The lowest BCUT2D eigenvalue weighted by Gasteiger charge is -2.06. The second-order valence-electron chi connectivity index (χ2n) is 3.73. The maximum Gasteiger partial charge on any atom is 0.129 e. The molecule has 0 radical (unpaired) electrons. The Kier molecular flexibility index (Phi) is 3.65. The standard InChI is InChI=1S/C13H14FN3/c1-2-12-7-13(17-9-16-12)15-8-10-3-5-11(14)6-4-10/h3-7,9H,2,8H2,1H3,(H,15,16,17). The van der Waals surface area contributed by atoms with Crippen molar-refractivity contribution >= 4 is 5.82 Å². The van der Waals surface area contributed by atoms with Crippen molar-refractivity contribution < 1.29 is 4.39 Å². The lowest BCUT2D eigenvalue weighted by Crippen LogP contribution is -2.02. The highest BCUT2D eigenvalue weighted by atomic mass is 19.1. The third kappa shape index (κ3) is 3.24. The maximum atomic E-state index is 12.7. The van der Waals surface area contributed by atoms with Crippen LogP contribution in [0.1, 0.15) is 18.2 Å². The van der Waals surface area contributed by atoms with Gasteiger partial charge in [-0.05, 0) is 24.1 Å². The molecule has 0 unspecified atom stereocenters. The van der Waals surface area contributed by atoms with E-state index in [1.165, 1.54) is 12.1 Å². The molecule has 2 aromatic rings. The van der Waals surface area contributed by atoms with E-state index in [0.717, 1.165) is 23.5 Å². The summed E-state index contributed by atoms with van der Waals surface area (Å²) >= 11 is 0. The molecule has 0 fully saturated rings. The van der Waals surface area contributed by atoms with Crippen molar-refractivity contribution in [3.63, 3.8) is 0 Å². The van der Waals surface area contributed by atoms with Gasteiger partial charge in [-0.3, -0.25) is 0 Å². The average Bonchev–Trinajstić information content (AvgIpc) is 2.38. The number of hydrogen-bond acceptors (Lipinski definition) is 3. The van der Waals surface area contributed by atoms with Gasteiger partial charge in [0.05, 0.1) is 0 Å². The number of halogens is 1. The number of aromatic nitrogens is 2. The van der Waals surface area contributed by atoms with E-state index in [9.17, 15) is 4.39 Å². The molecule has 0 aliphatic heterocycles. The molecular formula is C13H14FN3. The lowest BCUT2D eigenvalue weighted by molar-refractivity contribution is 0.627. The van der Waals surface area contributed by atoms with E-state index in [0.29, 0.717) is 6.54 Å². The first-order valence-electron chi connectivity index (χ1n) is 5.57. The van der Waals surface area contributed by atoms with E-state index < -0.39 is 0 Å². The number of rotatable bonds is 4. The highest BCUT2D eigenvalue weighted by Crippen LogP contribution is 2.08. The highest BCUT2D eigenvalue weighted by Gasteiger charge is 1.98. The van der Waals surface area contributed by atoms with Gasteiger partial charge in [-0.15, -0.1) is 0 Å². The van der Waals surface area contributed by atoms with Crippen molar-refractivity contribution in [1.82, 2.24) is 9.97 Å². The normalized spacial score (nSPS) is 10.2. The maximum absolute atomic E-state index is 12.7. The molecule has 0 saturated carbocycles. The molecule has 0 amide bonds. The third-order valence-corrected chi connectivity index (χ3v) is 2.47. The minimum atomic E-state index is -0.218. The summed E-state index contributed by atoms with van der Waals surface area (Å²) in [5.41, 5.74) is 2.02. The van der Waals surface area contributed by atoms with Crippen LogP contribution in [0, 0.1) is 5.82 Å². The predicted molar refractivity (Wildman–Crippen MR) is 65.1 cm³/mol. The first-order chi connectivity index (χ1) is 8.28.